The van der Waals surface area contributed by atoms with E-state index in [1.54, 1.807) is 0 Å². The van der Waals surface area contributed by atoms with Crippen LogP contribution in [-0.4, -0.2) is 0 Å². The average Bonchev–Trinajstić information content (AvgIpc) is 2.47. The van der Waals surface area contributed by atoms with E-state index in [1.165, 1.54) is 16.0 Å². The summed E-state index contributed by atoms with van der Waals surface area (Å²) < 4.78 is 5.98. The predicted octanol–water partition coefficient (Wildman–Crippen LogP) is 5.29. The van der Waals surface area contributed by atoms with Crippen molar-refractivity contribution in [1.82, 2.24) is 0 Å². The largest absolute Gasteiger partial charge is 0.336 e. The maximum atomic E-state index is 5.98. The van der Waals surface area contributed by atoms with Crippen molar-refractivity contribution in [3.05, 3.63) is 71.8 Å². The first kappa shape index (κ1) is 15.1. The quantitative estimate of drug-likeness (QED) is 0.439. The Labute approximate surface area is 128 Å². The van der Waals surface area contributed by atoms with E-state index >= 15 is 0 Å². The van der Waals surface area contributed by atoms with Crippen LogP contribution in [0.25, 0.3) is 0 Å². The van der Waals surface area contributed by atoms with Crippen molar-refractivity contribution in [3.8, 4) is 0 Å². The molecule has 1 atom stereocenters. The smallest absolute Gasteiger partial charge is 0.134 e. The van der Waals surface area contributed by atoms with Crippen LogP contribution in [0, 0.1) is 0 Å². The van der Waals surface area contributed by atoms with Gasteiger partial charge in [-0.2, -0.15) is 0 Å². The first-order valence-electron chi connectivity index (χ1n) is 5.86. The second-order valence-corrected chi connectivity index (χ2v) is 12.2. The van der Waals surface area contributed by atoms with Gasteiger partial charge >= 0.3 is 0 Å². The Hall–Kier alpha value is -0.250. The first-order valence-corrected chi connectivity index (χ1v) is 11.2. The van der Waals surface area contributed by atoms with Crippen LogP contribution >= 0.6 is 27.5 Å². The lowest BCUT2D eigenvalue weighted by Gasteiger charge is -2.19. The summed E-state index contributed by atoms with van der Waals surface area (Å²) in [5, 5.41) is 0. The Bertz CT molecular complexity index is 545. The molecule has 0 aromatic heterocycles. The first-order chi connectivity index (χ1) is 9.22. The molecule has 0 fully saturated rings. The van der Waals surface area contributed by atoms with Gasteiger partial charge in [-0.05, 0) is 21.5 Å². The van der Waals surface area contributed by atoms with Crippen molar-refractivity contribution in [2.75, 3.05) is 0 Å². The maximum Gasteiger partial charge on any atom is 0.134 e. The minimum Gasteiger partial charge on any atom is -0.336 e. The van der Waals surface area contributed by atoms with E-state index in [1.807, 2.05) is 48.5 Å². The SMILES string of the molecule is S=P(Cc1ccccc1)(OCc1ccccc1)SS. The van der Waals surface area contributed by atoms with Gasteiger partial charge in [-0.1, -0.05) is 72.5 Å². The minimum absolute atomic E-state index is 0.554. The predicted molar refractivity (Wildman–Crippen MR) is 92.2 cm³/mol. The maximum absolute atomic E-state index is 5.98. The van der Waals surface area contributed by atoms with Gasteiger partial charge in [0.25, 0.3) is 0 Å². The van der Waals surface area contributed by atoms with Crippen LogP contribution in [0.4, 0.5) is 0 Å². The molecule has 5 heteroatoms. The highest BCUT2D eigenvalue weighted by atomic mass is 33.4. The summed E-state index contributed by atoms with van der Waals surface area (Å²) in [4.78, 5) is 0. The molecule has 0 heterocycles. The molecule has 0 aliphatic heterocycles. The van der Waals surface area contributed by atoms with E-state index < -0.39 is 5.47 Å². The van der Waals surface area contributed by atoms with Crippen LogP contribution in [0.1, 0.15) is 11.1 Å². The summed E-state index contributed by atoms with van der Waals surface area (Å²) >= 11 is 9.97. The number of hydrogen-bond acceptors (Lipinski definition) is 4. The van der Waals surface area contributed by atoms with Gasteiger partial charge in [0.15, 0.2) is 0 Å². The molecule has 1 nitrogen and oxygen atoms in total. The van der Waals surface area contributed by atoms with E-state index in [4.69, 9.17) is 16.3 Å². The number of rotatable bonds is 6. The Kier molecular flexibility index (Phi) is 5.99. The second kappa shape index (κ2) is 7.51. The molecule has 0 radical (unpaired) electrons. The van der Waals surface area contributed by atoms with Crippen molar-refractivity contribution >= 4 is 39.3 Å². The van der Waals surface area contributed by atoms with Gasteiger partial charge in [-0.25, -0.2) is 0 Å². The standard InChI is InChI=1S/C14H15OPS3/c17-16(19-18,12-14-9-5-2-6-10-14)15-11-13-7-3-1-4-8-13/h1-10,18H,11-12H2. The van der Waals surface area contributed by atoms with E-state index in [0.29, 0.717) is 6.61 Å². The summed E-state index contributed by atoms with van der Waals surface area (Å²) in [5.41, 5.74) is 0.381. The molecule has 19 heavy (non-hydrogen) atoms. The molecule has 2 rings (SSSR count). The fourth-order valence-electron chi connectivity index (χ4n) is 1.65. The molecular weight excluding hydrogens is 311 g/mol. The van der Waals surface area contributed by atoms with E-state index in [9.17, 15) is 0 Å². The van der Waals surface area contributed by atoms with Crippen molar-refractivity contribution in [3.63, 3.8) is 0 Å². The van der Waals surface area contributed by atoms with Gasteiger partial charge in [-0.15, -0.1) is 11.7 Å². The molecule has 2 aromatic rings. The normalized spacial score (nSPS) is 13.9. The molecular formula is C14H15OPS3. The molecule has 0 saturated heterocycles. The Morgan fingerprint density at radius 1 is 0.947 bits per heavy atom. The highest BCUT2D eigenvalue weighted by molar-refractivity contribution is 8.99. The third kappa shape index (κ3) is 4.97. The zero-order valence-corrected chi connectivity index (χ0v) is 13.7. The molecule has 0 spiro atoms. The molecule has 0 aliphatic rings. The molecule has 0 amide bonds. The fourth-order valence-corrected chi connectivity index (χ4v) is 5.32. The Balaban J connectivity index is 2.00. The van der Waals surface area contributed by atoms with Gasteiger partial charge in [0.05, 0.1) is 6.61 Å². The zero-order valence-electron chi connectivity index (χ0n) is 10.3. The third-order valence-electron chi connectivity index (χ3n) is 2.61. The lowest BCUT2D eigenvalue weighted by atomic mass is 10.2. The van der Waals surface area contributed by atoms with Crippen LogP contribution < -0.4 is 0 Å². The summed E-state index contributed by atoms with van der Waals surface area (Å²) in [7, 11) is 1.38. The molecule has 1 unspecified atom stereocenters. The van der Waals surface area contributed by atoms with Gasteiger partial charge in [0.1, 0.15) is 5.47 Å². The Morgan fingerprint density at radius 3 is 2.00 bits per heavy atom. The zero-order chi connectivity index (χ0) is 13.6. The second-order valence-electron chi connectivity index (χ2n) is 4.10. The molecule has 100 valence electrons. The van der Waals surface area contributed by atoms with E-state index in [-0.39, 0.29) is 0 Å². The lowest BCUT2D eigenvalue weighted by molar-refractivity contribution is 0.347. The van der Waals surface area contributed by atoms with Crippen LogP contribution in [0.2, 0.25) is 0 Å². The number of benzene rings is 2. The van der Waals surface area contributed by atoms with Crippen molar-refractivity contribution in [2.45, 2.75) is 12.8 Å². The molecule has 0 saturated carbocycles. The van der Waals surface area contributed by atoms with Crippen LogP contribution in [0.3, 0.4) is 0 Å². The van der Waals surface area contributed by atoms with Crippen LogP contribution in [0.15, 0.2) is 60.7 Å². The van der Waals surface area contributed by atoms with E-state index in [2.05, 4.69) is 23.8 Å². The summed E-state index contributed by atoms with van der Waals surface area (Å²) in [6, 6.07) is 20.3. The highest BCUT2D eigenvalue weighted by Gasteiger charge is 2.18. The topological polar surface area (TPSA) is 9.23 Å². The highest BCUT2D eigenvalue weighted by Crippen LogP contribution is 2.64. The van der Waals surface area contributed by atoms with Crippen molar-refractivity contribution < 1.29 is 4.52 Å². The van der Waals surface area contributed by atoms with Crippen molar-refractivity contribution in [1.29, 1.82) is 0 Å². The number of hydrogen-bond donors (Lipinski definition) is 1. The van der Waals surface area contributed by atoms with Gasteiger partial charge in [-0.3, -0.25) is 0 Å². The molecule has 0 N–H and O–H groups in total. The summed E-state index contributed by atoms with van der Waals surface area (Å²) in [6.07, 6.45) is 0.768. The summed E-state index contributed by atoms with van der Waals surface area (Å²) in [5.74, 6) is 0. The fraction of sp³-hybridized carbons (Fsp3) is 0.143. The van der Waals surface area contributed by atoms with Crippen LogP contribution in [-0.2, 0) is 29.1 Å². The van der Waals surface area contributed by atoms with Gasteiger partial charge in [0.2, 0.25) is 0 Å². The lowest BCUT2D eigenvalue weighted by Crippen LogP contribution is -1.92. The molecule has 2 aromatic carbocycles. The third-order valence-corrected chi connectivity index (χ3v) is 10.3. The van der Waals surface area contributed by atoms with Crippen molar-refractivity contribution in [2.24, 2.45) is 0 Å². The van der Waals surface area contributed by atoms with Gasteiger partial charge in [0, 0.05) is 6.16 Å². The summed E-state index contributed by atoms with van der Waals surface area (Å²) in [6.45, 7) is 0.554. The average molecular weight is 326 g/mol. The Morgan fingerprint density at radius 2 is 1.47 bits per heavy atom. The number of thiol groups is 1. The monoisotopic (exact) mass is 326 g/mol. The molecule has 0 aliphatic carbocycles. The molecule has 0 bridgehead atoms. The minimum atomic E-state index is -1.97. The van der Waals surface area contributed by atoms with Gasteiger partial charge < -0.3 is 4.52 Å². The van der Waals surface area contributed by atoms with E-state index in [0.717, 1.165) is 11.7 Å². The van der Waals surface area contributed by atoms with Crippen LogP contribution in [0.5, 0.6) is 0 Å².